The van der Waals surface area contributed by atoms with Crippen LogP contribution in [0.2, 0.25) is 0 Å². The summed E-state index contributed by atoms with van der Waals surface area (Å²) in [5.74, 6) is 0.208. The zero-order valence-corrected chi connectivity index (χ0v) is 21.1. The van der Waals surface area contributed by atoms with Crippen LogP contribution < -0.4 is 4.74 Å². The van der Waals surface area contributed by atoms with E-state index in [1.54, 1.807) is 49.9 Å². The first-order chi connectivity index (χ1) is 16.8. The van der Waals surface area contributed by atoms with E-state index in [-0.39, 0.29) is 30.1 Å². The van der Waals surface area contributed by atoms with Crippen LogP contribution in [-0.4, -0.2) is 71.6 Å². The third kappa shape index (κ3) is 5.70. The van der Waals surface area contributed by atoms with E-state index in [9.17, 15) is 13.5 Å². The second-order valence-corrected chi connectivity index (χ2v) is 11.0. The number of rotatable bonds is 7. The summed E-state index contributed by atoms with van der Waals surface area (Å²) in [4.78, 5) is 10.4. The maximum Gasteiger partial charge on any atom is 0.247 e. The number of sulfonamides is 1. The largest absolute Gasteiger partial charge is 0.487 e. The summed E-state index contributed by atoms with van der Waals surface area (Å²) in [6.45, 7) is 5.03. The Labute approximate surface area is 207 Å². The quantitative estimate of drug-likeness (QED) is 0.537. The van der Waals surface area contributed by atoms with Crippen molar-refractivity contribution in [3.05, 3.63) is 72.8 Å². The van der Waals surface area contributed by atoms with E-state index in [0.717, 1.165) is 16.7 Å². The van der Waals surface area contributed by atoms with Crippen LogP contribution in [0, 0.1) is 5.92 Å². The summed E-state index contributed by atoms with van der Waals surface area (Å²) in [6.07, 6.45) is 6.68. The Balaban J connectivity index is 1.72. The number of hydrogen-bond donors (Lipinski definition) is 1. The fourth-order valence-corrected chi connectivity index (χ4v) is 6.16. The predicted molar refractivity (Wildman–Crippen MR) is 134 cm³/mol. The van der Waals surface area contributed by atoms with Crippen LogP contribution in [0.25, 0.3) is 11.1 Å². The lowest BCUT2D eigenvalue weighted by Crippen LogP contribution is -2.49. The molecule has 3 atom stereocenters. The number of benzene rings is 1. The van der Waals surface area contributed by atoms with Crippen molar-refractivity contribution in [3.63, 3.8) is 0 Å². The zero-order valence-electron chi connectivity index (χ0n) is 20.3. The Morgan fingerprint density at radius 1 is 1.09 bits per heavy atom. The van der Waals surface area contributed by atoms with E-state index in [1.807, 2.05) is 38.2 Å². The molecule has 0 aliphatic carbocycles. The summed E-state index contributed by atoms with van der Waals surface area (Å²) in [5, 5.41) is 9.83. The topological polar surface area (TPSA) is 95.9 Å². The van der Waals surface area contributed by atoms with Crippen molar-refractivity contribution >= 4 is 10.0 Å². The van der Waals surface area contributed by atoms with E-state index in [2.05, 4.69) is 14.9 Å². The number of aliphatic hydroxyl groups is 1. The van der Waals surface area contributed by atoms with Gasteiger partial charge < -0.3 is 9.84 Å². The first-order valence-corrected chi connectivity index (χ1v) is 13.1. The summed E-state index contributed by atoms with van der Waals surface area (Å²) < 4.78 is 35.2. The highest BCUT2D eigenvalue weighted by atomic mass is 32.2. The average molecular weight is 497 g/mol. The molecule has 1 N–H and O–H groups in total. The molecule has 1 aliphatic rings. The van der Waals surface area contributed by atoms with E-state index in [0.29, 0.717) is 18.8 Å². The van der Waals surface area contributed by atoms with Gasteiger partial charge in [-0.25, -0.2) is 8.42 Å². The number of fused-ring (bicyclic) bond motifs is 1. The van der Waals surface area contributed by atoms with Gasteiger partial charge in [0.15, 0.2) is 0 Å². The van der Waals surface area contributed by atoms with Gasteiger partial charge in [0.2, 0.25) is 10.0 Å². The highest BCUT2D eigenvalue weighted by Crippen LogP contribution is 2.36. The zero-order chi connectivity index (χ0) is 25.0. The lowest BCUT2D eigenvalue weighted by Gasteiger charge is -2.37. The first-order valence-electron chi connectivity index (χ1n) is 11.7. The van der Waals surface area contributed by atoms with Crippen LogP contribution in [0.5, 0.6) is 5.75 Å². The number of likely N-dealkylation sites (N-methyl/N-ethyl adjacent to an activating group) is 1. The molecule has 2 aromatic heterocycles. The molecular formula is C26H32N4O4S. The van der Waals surface area contributed by atoms with Gasteiger partial charge in [-0.3, -0.25) is 14.9 Å². The molecule has 3 heterocycles. The minimum Gasteiger partial charge on any atom is -0.487 e. The summed E-state index contributed by atoms with van der Waals surface area (Å²) in [6, 6.07) is 12.3. The van der Waals surface area contributed by atoms with Crippen LogP contribution in [0.15, 0.2) is 72.1 Å². The molecule has 0 unspecified atom stereocenters. The molecule has 0 fully saturated rings. The number of aromatic nitrogens is 2. The molecule has 186 valence electrons. The lowest BCUT2D eigenvalue weighted by atomic mass is 10.0. The SMILES string of the molecule is C[C@@H]1CN([C@H](C)CO)S(=O)(=O)c2ccc(-c3ccncc3)cc2O[C@@H]1CN(C)Cc1ccncc1. The maximum absolute atomic E-state index is 13.6. The Morgan fingerprint density at radius 2 is 1.74 bits per heavy atom. The van der Waals surface area contributed by atoms with Crippen molar-refractivity contribution in [3.8, 4) is 16.9 Å². The van der Waals surface area contributed by atoms with Crippen LogP contribution in [0.1, 0.15) is 19.4 Å². The molecule has 35 heavy (non-hydrogen) atoms. The highest BCUT2D eigenvalue weighted by Gasteiger charge is 2.38. The van der Waals surface area contributed by atoms with Gasteiger partial charge in [0, 0.05) is 56.4 Å². The molecular weight excluding hydrogens is 464 g/mol. The van der Waals surface area contributed by atoms with E-state index < -0.39 is 16.1 Å². The van der Waals surface area contributed by atoms with Crippen molar-refractivity contribution in [2.24, 2.45) is 5.92 Å². The standard InChI is InChI=1S/C26H32N4O4S/c1-19-15-30(20(2)18-31)35(32,33)26-5-4-23(22-8-12-28-13-9-22)14-24(26)34-25(19)17-29(3)16-21-6-10-27-11-7-21/h4-14,19-20,25,31H,15-18H2,1-3H3/t19-,20-,25-/m1/s1. The van der Waals surface area contributed by atoms with Gasteiger partial charge in [-0.2, -0.15) is 4.31 Å². The molecule has 0 amide bonds. The molecule has 3 aromatic rings. The van der Waals surface area contributed by atoms with Gasteiger partial charge in [0.1, 0.15) is 16.7 Å². The van der Waals surface area contributed by atoms with Gasteiger partial charge in [-0.05, 0) is 67.1 Å². The van der Waals surface area contributed by atoms with Crippen molar-refractivity contribution in [2.75, 3.05) is 26.7 Å². The van der Waals surface area contributed by atoms with Crippen molar-refractivity contribution < 1.29 is 18.3 Å². The van der Waals surface area contributed by atoms with Gasteiger partial charge in [0.05, 0.1) is 6.61 Å². The minimum absolute atomic E-state index is 0.114. The summed E-state index contributed by atoms with van der Waals surface area (Å²) in [5.41, 5.74) is 2.91. The molecule has 0 spiro atoms. The fraction of sp³-hybridized carbons (Fsp3) is 0.385. The Hall–Kier alpha value is -2.85. The molecule has 4 rings (SSSR count). The van der Waals surface area contributed by atoms with E-state index >= 15 is 0 Å². The smallest absolute Gasteiger partial charge is 0.247 e. The number of hydrogen-bond acceptors (Lipinski definition) is 7. The van der Waals surface area contributed by atoms with Crippen molar-refractivity contribution in [1.82, 2.24) is 19.2 Å². The van der Waals surface area contributed by atoms with Crippen LogP contribution >= 0.6 is 0 Å². The molecule has 0 radical (unpaired) electrons. The van der Waals surface area contributed by atoms with E-state index in [4.69, 9.17) is 4.74 Å². The Bertz CT molecular complexity index is 1220. The molecule has 0 saturated carbocycles. The normalized spacial score (nSPS) is 20.9. The van der Waals surface area contributed by atoms with Crippen LogP contribution in [0.3, 0.4) is 0 Å². The second kappa shape index (κ2) is 10.8. The van der Waals surface area contributed by atoms with Gasteiger partial charge in [0.25, 0.3) is 0 Å². The average Bonchev–Trinajstić information content (AvgIpc) is 2.86. The monoisotopic (exact) mass is 496 g/mol. The molecule has 9 heteroatoms. The van der Waals surface area contributed by atoms with Gasteiger partial charge in [-0.15, -0.1) is 0 Å². The Morgan fingerprint density at radius 3 is 2.40 bits per heavy atom. The second-order valence-electron chi connectivity index (χ2n) is 9.19. The number of nitrogens with zero attached hydrogens (tertiary/aromatic N) is 4. The van der Waals surface area contributed by atoms with Crippen molar-refractivity contribution in [1.29, 1.82) is 0 Å². The van der Waals surface area contributed by atoms with E-state index in [1.165, 1.54) is 4.31 Å². The minimum atomic E-state index is -3.87. The van der Waals surface area contributed by atoms with Gasteiger partial charge >= 0.3 is 0 Å². The lowest BCUT2D eigenvalue weighted by molar-refractivity contribution is 0.0734. The molecule has 8 nitrogen and oxygen atoms in total. The summed E-state index contributed by atoms with van der Waals surface area (Å²) >= 11 is 0. The maximum atomic E-state index is 13.6. The van der Waals surface area contributed by atoms with Crippen LogP contribution in [0.4, 0.5) is 0 Å². The molecule has 1 aliphatic heterocycles. The Kier molecular flexibility index (Phi) is 7.81. The number of aliphatic hydroxyl groups excluding tert-OH is 1. The van der Waals surface area contributed by atoms with Crippen molar-refractivity contribution in [2.45, 2.75) is 37.4 Å². The summed E-state index contributed by atoms with van der Waals surface area (Å²) in [7, 11) is -1.85. The van der Waals surface area contributed by atoms with Crippen LogP contribution in [-0.2, 0) is 16.6 Å². The third-order valence-electron chi connectivity index (χ3n) is 6.37. The molecule has 1 aromatic carbocycles. The highest BCUT2D eigenvalue weighted by molar-refractivity contribution is 7.89. The predicted octanol–water partition coefficient (Wildman–Crippen LogP) is 3.04. The first kappa shape index (κ1) is 25.2. The number of ether oxygens (including phenoxy) is 1. The molecule has 0 bridgehead atoms. The third-order valence-corrected chi connectivity index (χ3v) is 8.39. The fourth-order valence-electron chi connectivity index (χ4n) is 4.34. The molecule has 0 saturated heterocycles. The number of pyridine rings is 2. The van der Waals surface area contributed by atoms with Gasteiger partial charge in [-0.1, -0.05) is 13.0 Å².